The van der Waals surface area contributed by atoms with E-state index in [-0.39, 0.29) is 77.2 Å². The predicted octanol–water partition coefficient (Wildman–Crippen LogP) is -10.9. The SMILES string of the molecule is CC[C@H](C)[C@H](NC(=O)CN)C(=O)N[C@@H](C)CNCC(=O)N[C@@H](Cc1ccccc1)C(=O)N[C@@H](CC[C@H](CN)O[C@@H]1O[C@H](CO)[C@H](O)[C@H](O)[C@H]1O)C(=O)NCC(=O)N[C@@H](CCC(=O)O)C(=O)N[C@@H](CCC(N)=O)C(=O)NCC(=O)N1CCC[C@H]1C(=O)N[C@@H](CCCCN)C(=O)NCC(=O)N[C@@H](CCC(=O)O)C(=O)N[C@H](C(=O)O)[C@@H](C)O. The van der Waals surface area contributed by atoms with Gasteiger partial charge >= 0.3 is 17.9 Å². The summed E-state index contributed by atoms with van der Waals surface area (Å²) in [6.07, 6.45) is -14.7. The summed E-state index contributed by atoms with van der Waals surface area (Å²) in [5.74, 6) is -18.0. The summed E-state index contributed by atoms with van der Waals surface area (Å²) in [5.41, 5.74) is 23.1. The summed E-state index contributed by atoms with van der Waals surface area (Å²) >= 11 is 0. The van der Waals surface area contributed by atoms with E-state index in [0.717, 1.165) is 11.8 Å². The van der Waals surface area contributed by atoms with Gasteiger partial charge in [0.15, 0.2) is 12.3 Å². The summed E-state index contributed by atoms with van der Waals surface area (Å²) in [4.78, 5) is 225. The van der Waals surface area contributed by atoms with Gasteiger partial charge in [-0.05, 0) is 96.1 Å². The van der Waals surface area contributed by atoms with Crippen LogP contribution in [0.15, 0.2) is 30.3 Å². The molecule has 646 valence electrons. The topological polar surface area (TPSA) is 734 Å². The Balaban J connectivity index is 1.84. The molecule has 115 heavy (non-hydrogen) atoms. The van der Waals surface area contributed by atoms with Crippen molar-refractivity contribution in [2.75, 3.05) is 65.5 Å². The van der Waals surface area contributed by atoms with Crippen molar-refractivity contribution in [2.24, 2.45) is 28.9 Å². The number of primary amides is 1. The zero-order valence-corrected chi connectivity index (χ0v) is 64.5. The number of aliphatic carboxylic acids is 3. The first-order valence-corrected chi connectivity index (χ1v) is 37.6. The number of amides is 14. The third kappa shape index (κ3) is 35.6. The second kappa shape index (κ2) is 51.6. The highest BCUT2D eigenvalue weighted by Crippen LogP contribution is 2.25. The molecule has 0 aliphatic carbocycles. The van der Waals surface area contributed by atoms with E-state index in [4.69, 9.17) is 32.4 Å². The summed E-state index contributed by atoms with van der Waals surface area (Å²) in [6.45, 7) is 1.74. The van der Waals surface area contributed by atoms with Crippen molar-refractivity contribution in [3.8, 4) is 0 Å². The minimum atomic E-state index is -1.89. The molecule has 2 fully saturated rings. The molecule has 0 spiro atoms. The number of rotatable bonds is 54. The molecule has 1 aromatic rings. The molecule has 45 heteroatoms. The zero-order chi connectivity index (χ0) is 86.2. The number of ether oxygens (including phenoxy) is 2. The standard InChI is InChI=1S/C70H114N18O27/c1-5-35(2)56(86-49(92)28-73)68(111)79-36(3)29-75-30-50(93)82-45(26-38-12-7-6-8-13-38)66(109)84-41(17-16-39(27-72)114-70-60(103)59(102)58(101)47(34-89)115-70)62(105)77-32-51(94)80-43(19-22-54(97)98)64(107)83-42(18-21-48(74)91)63(106)78-33-53(96)88-25-11-15-46(88)67(110)85-40(14-9-10-24-71)61(104)76-31-52(95)81-44(20-23-55(99)100)65(108)87-57(37(4)90)69(112)113/h6-8,12-13,35-37,39-47,56-60,70,75,89-90,101-103H,5,9-11,14-34,71-73H2,1-4H3,(H2,74,91)(H,76,104)(H,77,105)(H,78,106)(H,79,111)(H,80,94)(H,81,95)(H,82,93)(H,83,107)(H,84,109)(H,85,110)(H,86,92)(H,87,108)(H,97,98)(H,99,100)(H,112,113)/t35-,36-,37+,39+,40-,41-,42-,43-,44-,45-,46-,47+,56-,57-,58-,59-,60+,70+/m0/s1. The normalized spacial score (nSPS) is 19.6. The van der Waals surface area contributed by atoms with Gasteiger partial charge in [0, 0.05) is 51.4 Å². The van der Waals surface area contributed by atoms with E-state index >= 15 is 0 Å². The van der Waals surface area contributed by atoms with Crippen LogP contribution in [0.5, 0.6) is 0 Å². The second-order valence-electron chi connectivity index (χ2n) is 27.8. The van der Waals surface area contributed by atoms with Crippen LogP contribution in [-0.2, 0) is 97.4 Å². The number of aliphatic hydroxyl groups is 5. The Morgan fingerprint density at radius 2 is 1.08 bits per heavy atom. The van der Waals surface area contributed by atoms with Gasteiger partial charge in [0.05, 0.1) is 51.5 Å². The molecular weight excluding hydrogens is 1520 g/mol. The third-order valence-electron chi connectivity index (χ3n) is 18.6. The fourth-order valence-corrected chi connectivity index (χ4v) is 11.9. The lowest BCUT2D eigenvalue weighted by Gasteiger charge is -2.40. The first-order valence-electron chi connectivity index (χ1n) is 37.6. The van der Waals surface area contributed by atoms with Crippen molar-refractivity contribution in [3.05, 3.63) is 35.9 Å². The molecule has 2 saturated heterocycles. The van der Waals surface area contributed by atoms with Gasteiger partial charge in [0.1, 0.15) is 72.8 Å². The van der Waals surface area contributed by atoms with Gasteiger partial charge in [-0.1, -0.05) is 50.6 Å². The van der Waals surface area contributed by atoms with Crippen molar-refractivity contribution in [1.82, 2.24) is 74.0 Å². The molecule has 2 aliphatic heterocycles. The number of carbonyl (C=O) groups is 17. The number of hydrogen-bond acceptors (Lipinski definition) is 28. The van der Waals surface area contributed by atoms with E-state index in [2.05, 4.69) is 63.8 Å². The number of carboxylic acids is 3. The largest absolute Gasteiger partial charge is 0.481 e. The van der Waals surface area contributed by atoms with Crippen LogP contribution in [0.4, 0.5) is 0 Å². The van der Waals surface area contributed by atoms with Gasteiger partial charge in [0.2, 0.25) is 82.7 Å². The quantitative estimate of drug-likeness (QED) is 0.0269. The average molecular weight is 1640 g/mol. The first kappa shape index (κ1) is 99.0. The van der Waals surface area contributed by atoms with Crippen LogP contribution in [0.25, 0.3) is 0 Å². The van der Waals surface area contributed by atoms with Crippen LogP contribution in [0.3, 0.4) is 0 Å². The number of carbonyl (C=O) groups excluding carboxylic acids is 14. The number of unbranched alkanes of at least 4 members (excludes halogenated alkanes) is 1. The van der Waals surface area contributed by atoms with Crippen LogP contribution < -0.4 is 92.1 Å². The van der Waals surface area contributed by atoms with E-state index in [0.29, 0.717) is 18.4 Å². The highest BCUT2D eigenvalue weighted by molar-refractivity contribution is 5.98. The number of aliphatic hydroxyl groups excluding tert-OH is 5. The fourth-order valence-electron chi connectivity index (χ4n) is 11.9. The fraction of sp³-hybridized carbons (Fsp3) is 0.671. The van der Waals surface area contributed by atoms with Crippen LogP contribution in [-0.4, -0.2) is 315 Å². The molecule has 0 radical (unpaired) electrons. The van der Waals surface area contributed by atoms with Crippen molar-refractivity contribution >= 4 is 101 Å². The minimum absolute atomic E-state index is 0.0181. The van der Waals surface area contributed by atoms with E-state index < -0.39 is 282 Å². The molecule has 14 amide bonds. The van der Waals surface area contributed by atoms with Crippen LogP contribution in [0.1, 0.15) is 123 Å². The predicted molar refractivity (Wildman–Crippen MR) is 400 cm³/mol. The van der Waals surface area contributed by atoms with Gasteiger partial charge in [-0.15, -0.1) is 0 Å². The Morgan fingerprint density at radius 1 is 0.557 bits per heavy atom. The van der Waals surface area contributed by atoms with E-state index in [1.54, 1.807) is 44.2 Å². The minimum Gasteiger partial charge on any atom is -0.481 e. The number of benzene rings is 1. The molecule has 2 aliphatic rings. The highest BCUT2D eigenvalue weighted by Gasteiger charge is 2.45. The number of nitrogens with one attached hydrogen (secondary N) is 13. The van der Waals surface area contributed by atoms with Crippen LogP contribution >= 0.6 is 0 Å². The number of carboxylic acid groups (broad SMARTS) is 3. The van der Waals surface area contributed by atoms with Gasteiger partial charge in [-0.25, -0.2) is 4.79 Å². The lowest BCUT2D eigenvalue weighted by Crippen LogP contribution is -2.60. The molecule has 3 rings (SSSR count). The Bertz CT molecular complexity index is 3440. The molecule has 1 aromatic carbocycles. The number of hydrogen-bond donors (Lipinski definition) is 25. The summed E-state index contributed by atoms with van der Waals surface area (Å²) in [6, 6.07) is -6.06. The number of nitrogens with zero attached hydrogens (tertiary/aromatic N) is 1. The van der Waals surface area contributed by atoms with Crippen LogP contribution in [0.2, 0.25) is 0 Å². The summed E-state index contributed by atoms with van der Waals surface area (Å²) in [7, 11) is 0. The maximum Gasteiger partial charge on any atom is 0.328 e. The third-order valence-corrected chi connectivity index (χ3v) is 18.6. The number of nitrogens with two attached hydrogens (primary N) is 4. The molecule has 18 atom stereocenters. The van der Waals surface area contributed by atoms with E-state index in [1.807, 2.05) is 12.2 Å². The molecule has 2 heterocycles. The Hall–Kier alpha value is -10.2. The Kier molecular flexibility index (Phi) is 44.4. The summed E-state index contributed by atoms with van der Waals surface area (Å²) in [5, 5.41) is 111. The van der Waals surface area contributed by atoms with Gasteiger partial charge in [0.25, 0.3) is 0 Å². The lowest BCUT2D eigenvalue weighted by molar-refractivity contribution is -0.310. The lowest BCUT2D eigenvalue weighted by atomic mass is 9.98. The molecule has 0 bridgehead atoms. The summed E-state index contributed by atoms with van der Waals surface area (Å²) < 4.78 is 11.3. The monoisotopic (exact) mass is 1640 g/mol. The second-order valence-corrected chi connectivity index (χ2v) is 27.8. The first-order chi connectivity index (χ1) is 54.4. The molecule has 45 nitrogen and oxygen atoms in total. The molecular formula is C70H114N18O27. The maximum atomic E-state index is 14.5. The average Bonchev–Trinajstić information content (AvgIpc) is 1.61. The van der Waals surface area contributed by atoms with Gasteiger partial charge in [-0.2, -0.15) is 0 Å². The Morgan fingerprint density at radius 3 is 1.60 bits per heavy atom. The van der Waals surface area contributed by atoms with Crippen molar-refractivity contribution in [3.63, 3.8) is 0 Å². The van der Waals surface area contributed by atoms with Gasteiger partial charge < -0.3 is 147 Å². The van der Waals surface area contributed by atoms with Crippen LogP contribution in [0, 0.1) is 5.92 Å². The Labute approximate surface area is 661 Å². The smallest absolute Gasteiger partial charge is 0.328 e. The van der Waals surface area contributed by atoms with Crippen molar-refractivity contribution in [1.29, 1.82) is 0 Å². The molecule has 0 unspecified atom stereocenters. The van der Waals surface area contributed by atoms with E-state index in [9.17, 15) is 122 Å². The van der Waals surface area contributed by atoms with Crippen molar-refractivity contribution in [2.45, 2.75) is 227 Å². The number of likely N-dealkylation sites (tertiary alicyclic amines) is 1. The van der Waals surface area contributed by atoms with E-state index in [1.165, 1.54) is 0 Å². The highest BCUT2D eigenvalue weighted by atomic mass is 16.7. The van der Waals surface area contributed by atoms with Crippen molar-refractivity contribution < 1.29 is 132 Å². The maximum absolute atomic E-state index is 14.5. The molecule has 0 aromatic heterocycles. The molecule has 0 saturated carbocycles. The molecule has 29 N–H and O–H groups in total. The van der Waals surface area contributed by atoms with Gasteiger partial charge in [-0.3, -0.25) is 76.7 Å². The zero-order valence-electron chi connectivity index (χ0n) is 64.5.